The Morgan fingerprint density at radius 2 is 2.05 bits per heavy atom. The molecule has 1 aliphatic rings. The fraction of sp³-hybridized carbons (Fsp3) is 0.429. The van der Waals surface area contributed by atoms with E-state index < -0.39 is 0 Å². The summed E-state index contributed by atoms with van der Waals surface area (Å²) >= 11 is 12.0. The van der Waals surface area contributed by atoms with Crippen LogP contribution in [-0.4, -0.2) is 24.4 Å². The van der Waals surface area contributed by atoms with E-state index in [-0.39, 0.29) is 24.8 Å². The van der Waals surface area contributed by atoms with Crippen LogP contribution in [0.15, 0.2) is 18.2 Å². The van der Waals surface area contributed by atoms with Crippen LogP contribution in [0.5, 0.6) is 0 Å². The molecule has 1 N–H and O–H groups in total. The van der Waals surface area contributed by atoms with Gasteiger partial charge in [-0.25, -0.2) is 0 Å². The number of nitrogens with one attached hydrogen (secondary N) is 1. The summed E-state index contributed by atoms with van der Waals surface area (Å²) in [4.78, 5) is 24.9. The molecule has 1 saturated carbocycles. The van der Waals surface area contributed by atoms with E-state index in [0.29, 0.717) is 21.8 Å². The molecule has 6 heteroatoms. The van der Waals surface area contributed by atoms with Crippen LogP contribution in [0.1, 0.15) is 26.2 Å². The van der Waals surface area contributed by atoms with Gasteiger partial charge in [0.2, 0.25) is 11.8 Å². The fourth-order valence-corrected chi connectivity index (χ4v) is 2.27. The van der Waals surface area contributed by atoms with Crippen molar-refractivity contribution < 1.29 is 9.59 Å². The third-order valence-electron chi connectivity index (χ3n) is 3.08. The quantitative estimate of drug-likeness (QED) is 0.908. The molecule has 4 nitrogen and oxygen atoms in total. The number of carbonyl (C=O) groups excluding carboxylic acids is 2. The van der Waals surface area contributed by atoms with E-state index in [4.69, 9.17) is 23.2 Å². The van der Waals surface area contributed by atoms with Gasteiger partial charge in [0.25, 0.3) is 0 Å². The van der Waals surface area contributed by atoms with Crippen molar-refractivity contribution in [3.05, 3.63) is 28.2 Å². The number of anilines is 1. The molecule has 0 saturated heterocycles. The first-order valence-electron chi connectivity index (χ1n) is 6.50. The molecule has 0 aromatic heterocycles. The van der Waals surface area contributed by atoms with E-state index in [9.17, 15) is 9.59 Å². The van der Waals surface area contributed by atoms with Crippen molar-refractivity contribution in [2.75, 3.05) is 11.4 Å². The van der Waals surface area contributed by atoms with Gasteiger partial charge in [-0.15, -0.1) is 0 Å². The topological polar surface area (TPSA) is 49.4 Å². The van der Waals surface area contributed by atoms with Gasteiger partial charge < -0.3 is 10.2 Å². The second kappa shape index (κ2) is 6.46. The lowest BCUT2D eigenvalue weighted by Gasteiger charge is -2.22. The highest BCUT2D eigenvalue weighted by Gasteiger charge is 2.24. The fourth-order valence-electron chi connectivity index (χ4n) is 1.88. The van der Waals surface area contributed by atoms with Crippen molar-refractivity contribution in [1.29, 1.82) is 0 Å². The zero-order chi connectivity index (χ0) is 14.7. The van der Waals surface area contributed by atoms with E-state index in [2.05, 4.69) is 5.32 Å². The Morgan fingerprint density at radius 3 is 2.65 bits per heavy atom. The van der Waals surface area contributed by atoms with Gasteiger partial charge in [-0.1, -0.05) is 23.2 Å². The highest BCUT2D eigenvalue weighted by Crippen LogP contribution is 2.29. The first-order chi connectivity index (χ1) is 9.47. The monoisotopic (exact) mass is 314 g/mol. The minimum atomic E-state index is -0.173. The molecule has 0 radical (unpaired) electrons. The molecule has 0 heterocycles. The van der Waals surface area contributed by atoms with Gasteiger partial charge in [-0.2, -0.15) is 0 Å². The maximum atomic E-state index is 11.7. The summed E-state index contributed by atoms with van der Waals surface area (Å²) in [6.07, 6.45) is 2.34. The van der Waals surface area contributed by atoms with Crippen molar-refractivity contribution >= 4 is 40.7 Å². The third kappa shape index (κ3) is 4.12. The highest BCUT2D eigenvalue weighted by molar-refractivity contribution is 6.35. The summed E-state index contributed by atoms with van der Waals surface area (Å²) in [7, 11) is 0. The molecule has 20 heavy (non-hydrogen) atoms. The van der Waals surface area contributed by atoms with Crippen LogP contribution in [0.25, 0.3) is 0 Å². The van der Waals surface area contributed by atoms with E-state index in [0.717, 1.165) is 12.8 Å². The summed E-state index contributed by atoms with van der Waals surface area (Å²) < 4.78 is 0. The molecule has 1 fully saturated rings. The van der Waals surface area contributed by atoms with Gasteiger partial charge in [0, 0.05) is 31.0 Å². The zero-order valence-electron chi connectivity index (χ0n) is 11.2. The summed E-state index contributed by atoms with van der Waals surface area (Å²) in [5.41, 5.74) is 0.533. The third-order valence-corrected chi connectivity index (χ3v) is 3.64. The van der Waals surface area contributed by atoms with Crippen molar-refractivity contribution in [3.8, 4) is 0 Å². The molecular weight excluding hydrogens is 299 g/mol. The van der Waals surface area contributed by atoms with E-state index in [1.165, 1.54) is 11.8 Å². The van der Waals surface area contributed by atoms with Crippen molar-refractivity contribution in [1.82, 2.24) is 5.32 Å². The van der Waals surface area contributed by atoms with E-state index in [1.54, 1.807) is 18.2 Å². The van der Waals surface area contributed by atoms with E-state index >= 15 is 0 Å². The Kier molecular flexibility index (Phi) is 4.89. The molecule has 1 aromatic carbocycles. The smallest absolute Gasteiger partial charge is 0.223 e. The van der Waals surface area contributed by atoms with Gasteiger partial charge in [-0.05, 0) is 31.0 Å². The summed E-state index contributed by atoms with van der Waals surface area (Å²) in [5.74, 6) is -0.217. The van der Waals surface area contributed by atoms with Gasteiger partial charge in [0.15, 0.2) is 0 Å². The van der Waals surface area contributed by atoms with Crippen LogP contribution < -0.4 is 10.2 Å². The summed E-state index contributed by atoms with van der Waals surface area (Å²) in [5, 5.41) is 3.83. The Balaban J connectivity index is 2.04. The van der Waals surface area contributed by atoms with Crippen molar-refractivity contribution in [3.63, 3.8) is 0 Å². The minimum absolute atomic E-state index is 0.0445. The van der Waals surface area contributed by atoms with Gasteiger partial charge in [0.05, 0.1) is 10.7 Å². The Bertz CT molecular complexity index is 530. The van der Waals surface area contributed by atoms with Gasteiger partial charge >= 0.3 is 0 Å². The number of amides is 2. The minimum Gasteiger partial charge on any atom is -0.353 e. The van der Waals surface area contributed by atoms with Crippen LogP contribution in [0.4, 0.5) is 5.69 Å². The molecule has 2 rings (SSSR count). The molecule has 0 bridgehead atoms. The number of hydrogen-bond acceptors (Lipinski definition) is 2. The predicted molar refractivity (Wildman–Crippen MR) is 80.3 cm³/mol. The molecule has 2 amide bonds. The molecule has 1 aliphatic carbocycles. The normalized spacial score (nSPS) is 13.9. The highest BCUT2D eigenvalue weighted by atomic mass is 35.5. The van der Waals surface area contributed by atoms with Crippen molar-refractivity contribution in [2.24, 2.45) is 0 Å². The first kappa shape index (κ1) is 15.1. The van der Waals surface area contributed by atoms with Crippen LogP contribution in [-0.2, 0) is 9.59 Å². The average molecular weight is 315 g/mol. The molecular formula is C14H16Cl2N2O2. The number of benzene rings is 1. The Labute approximate surface area is 128 Å². The molecule has 108 valence electrons. The lowest BCUT2D eigenvalue weighted by atomic mass is 10.2. The van der Waals surface area contributed by atoms with E-state index in [1.807, 2.05) is 0 Å². The summed E-state index contributed by atoms with van der Waals surface area (Å²) in [6, 6.07) is 5.25. The molecule has 1 aromatic rings. The maximum Gasteiger partial charge on any atom is 0.223 e. The van der Waals surface area contributed by atoms with Crippen LogP contribution >= 0.6 is 23.2 Å². The predicted octanol–water partition coefficient (Wildman–Crippen LogP) is 3.02. The number of carbonyl (C=O) groups is 2. The van der Waals surface area contributed by atoms with Gasteiger partial charge in [0.1, 0.15) is 0 Å². The standard InChI is InChI=1S/C14H16Cl2N2O2/c1-9(19)18(7-6-14(20)17-11-3-4-11)13-8-10(15)2-5-12(13)16/h2,5,8,11H,3-4,6-7H2,1H3,(H,17,20). The summed E-state index contributed by atoms with van der Waals surface area (Å²) in [6.45, 7) is 1.73. The van der Waals surface area contributed by atoms with Gasteiger partial charge in [-0.3, -0.25) is 9.59 Å². The Hall–Kier alpha value is -1.26. The van der Waals surface area contributed by atoms with Crippen molar-refractivity contribution in [2.45, 2.75) is 32.2 Å². The average Bonchev–Trinajstić information content (AvgIpc) is 3.17. The number of halogens is 2. The SMILES string of the molecule is CC(=O)N(CCC(=O)NC1CC1)c1cc(Cl)ccc1Cl. The van der Waals surface area contributed by atoms with Crippen LogP contribution in [0, 0.1) is 0 Å². The lowest BCUT2D eigenvalue weighted by Crippen LogP contribution is -2.34. The number of nitrogens with zero attached hydrogens (tertiary/aromatic N) is 1. The number of hydrogen-bond donors (Lipinski definition) is 1. The molecule has 0 unspecified atom stereocenters. The first-order valence-corrected chi connectivity index (χ1v) is 7.25. The second-order valence-electron chi connectivity index (χ2n) is 4.86. The van der Waals surface area contributed by atoms with Crippen LogP contribution in [0.3, 0.4) is 0 Å². The largest absolute Gasteiger partial charge is 0.353 e. The zero-order valence-corrected chi connectivity index (χ0v) is 12.7. The number of rotatable bonds is 5. The molecule has 0 aliphatic heterocycles. The lowest BCUT2D eigenvalue weighted by molar-refractivity contribution is -0.121. The second-order valence-corrected chi connectivity index (χ2v) is 5.70. The molecule has 0 spiro atoms. The van der Waals surface area contributed by atoms with Crippen LogP contribution in [0.2, 0.25) is 10.0 Å². The maximum absolute atomic E-state index is 11.7. The molecule has 0 atom stereocenters. The Morgan fingerprint density at radius 1 is 1.35 bits per heavy atom.